The quantitative estimate of drug-likeness (QED) is 0.877. The van der Waals surface area contributed by atoms with E-state index in [0.717, 1.165) is 11.4 Å². The van der Waals surface area contributed by atoms with E-state index in [-0.39, 0.29) is 18.8 Å². The highest BCUT2D eigenvalue weighted by Gasteiger charge is 2.45. The third kappa shape index (κ3) is 3.10. The number of benzene rings is 1. The first-order valence-electron chi connectivity index (χ1n) is 8.72. The molecule has 7 heteroatoms. The molecular weight excluding hydrogens is 334 g/mol. The third-order valence-corrected chi connectivity index (χ3v) is 5.29. The first kappa shape index (κ1) is 16.8. The van der Waals surface area contributed by atoms with Crippen LogP contribution in [-0.4, -0.2) is 52.4 Å². The van der Waals surface area contributed by atoms with Gasteiger partial charge in [-0.2, -0.15) is 0 Å². The van der Waals surface area contributed by atoms with Crippen molar-refractivity contribution in [2.45, 2.75) is 24.8 Å². The molecule has 4 rings (SSSR count). The molecule has 0 saturated carbocycles. The molecule has 26 heavy (non-hydrogen) atoms. The van der Waals surface area contributed by atoms with E-state index in [1.54, 1.807) is 18.5 Å². The number of carbonyl (C=O) groups is 1. The van der Waals surface area contributed by atoms with E-state index in [9.17, 15) is 9.90 Å². The van der Waals surface area contributed by atoms with Gasteiger partial charge in [-0.05, 0) is 37.2 Å². The molecule has 0 radical (unpaired) electrons. The number of aliphatic carboxylic acids is 1. The number of rotatable bonds is 5. The second kappa shape index (κ2) is 6.92. The van der Waals surface area contributed by atoms with Crippen LogP contribution in [0.4, 0.5) is 0 Å². The zero-order chi connectivity index (χ0) is 18.1. The normalized spacial score (nSPS) is 24.7. The lowest BCUT2D eigenvalue weighted by molar-refractivity contribution is -0.143. The summed E-state index contributed by atoms with van der Waals surface area (Å²) >= 11 is 0. The lowest BCUT2D eigenvalue weighted by Crippen LogP contribution is -2.34. The van der Waals surface area contributed by atoms with Crippen molar-refractivity contribution in [1.82, 2.24) is 14.9 Å². The molecule has 136 valence electrons. The van der Waals surface area contributed by atoms with Gasteiger partial charge in [0, 0.05) is 37.3 Å². The van der Waals surface area contributed by atoms with Crippen molar-refractivity contribution in [1.29, 1.82) is 0 Å². The van der Waals surface area contributed by atoms with E-state index < -0.39 is 11.9 Å². The van der Waals surface area contributed by atoms with Crippen LogP contribution in [0.2, 0.25) is 0 Å². The summed E-state index contributed by atoms with van der Waals surface area (Å²) in [4.78, 5) is 22.7. The van der Waals surface area contributed by atoms with Crippen LogP contribution in [0.5, 0.6) is 11.5 Å². The van der Waals surface area contributed by atoms with Gasteiger partial charge >= 0.3 is 5.97 Å². The van der Waals surface area contributed by atoms with Gasteiger partial charge in [0.2, 0.25) is 6.79 Å². The highest BCUT2D eigenvalue weighted by atomic mass is 16.7. The van der Waals surface area contributed by atoms with Crippen molar-refractivity contribution in [2.24, 2.45) is 5.92 Å². The van der Waals surface area contributed by atoms with Crippen molar-refractivity contribution in [2.75, 3.05) is 20.4 Å². The van der Waals surface area contributed by atoms with Gasteiger partial charge in [0.1, 0.15) is 5.82 Å². The standard InChI is InChI=1S/C19H21N3O4/c1-22-10-13(12-3-5-15-16(9-12)26-11-25-15)18(19(23)24)14(22)4-6-17-20-7-2-8-21-17/h2-3,5,7-9,13-14,18H,4,6,10-11H2,1H3,(H,23,24). The number of aryl methyl sites for hydroxylation is 1. The van der Waals surface area contributed by atoms with Crippen molar-refractivity contribution in [3.8, 4) is 11.5 Å². The lowest BCUT2D eigenvalue weighted by Gasteiger charge is -2.23. The topological polar surface area (TPSA) is 84.8 Å². The number of likely N-dealkylation sites (tertiary alicyclic amines) is 1. The van der Waals surface area contributed by atoms with Gasteiger partial charge in [-0.15, -0.1) is 0 Å². The summed E-state index contributed by atoms with van der Waals surface area (Å²) in [6, 6.07) is 7.44. The number of hydrogen-bond donors (Lipinski definition) is 1. The Balaban J connectivity index is 1.55. The number of carboxylic acid groups (broad SMARTS) is 1. The molecule has 0 spiro atoms. The van der Waals surface area contributed by atoms with E-state index in [1.807, 2.05) is 25.2 Å². The lowest BCUT2D eigenvalue weighted by atomic mass is 9.83. The Morgan fingerprint density at radius 1 is 1.27 bits per heavy atom. The van der Waals surface area contributed by atoms with Crippen LogP contribution in [0.1, 0.15) is 23.7 Å². The average Bonchev–Trinajstić information content (AvgIpc) is 3.24. The molecule has 1 fully saturated rings. The molecular formula is C19H21N3O4. The van der Waals surface area contributed by atoms with Crippen LogP contribution < -0.4 is 9.47 Å². The fraction of sp³-hybridized carbons (Fsp3) is 0.421. The van der Waals surface area contributed by atoms with Gasteiger partial charge < -0.3 is 19.5 Å². The number of nitrogens with zero attached hydrogens (tertiary/aromatic N) is 3. The molecule has 0 aliphatic carbocycles. The van der Waals surface area contributed by atoms with Crippen molar-refractivity contribution in [3.63, 3.8) is 0 Å². The highest BCUT2D eigenvalue weighted by Crippen LogP contribution is 2.42. The zero-order valence-corrected chi connectivity index (χ0v) is 14.5. The Bertz CT molecular complexity index is 799. The van der Waals surface area contributed by atoms with E-state index in [0.29, 0.717) is 30.9 Å². The Hall–Kier alpha value is -2.67. The van der Waals surface area contributed by atoms with E-state index in [2.05, 4.69) is 14.9 Å². The summed E-state index contributed by atoms with van der Waals surface area (Å²) in [6.07, 6.45) is 4.79. The van der Waals surface area contributed by atoms with Gasteiger partial charge in [0.25, 0.3) is 0 Å². The number of likely N-dealkylation sites (N-methyl/N-ethyl adjacent to an activating group) is 1. The maximum atomic E-state index is 12.1. The van der Waals surface area contributed by atoms with Crippen LogP contribution in [0.15, 0.2) is 36.7 Å². The summed E-state index contributed by atoms with van der Waals surface area (Å²) in [6.45, 7) is 0.905. The molecule has 1 N–H and O–H groups in total. The number of hydrogen-bond acceptors (Lipinski definition) is 6. The molecule has 2 aromatic rings. The van der Waals surface area contributed by atoms with Gasteiger partial charge in [0.15, 0.2) is 11.5 Å². The summed E-state index contributed by atoms with van der Waals surface area (Å²) in [5.74, 6) is 0.811. The smallest absolute Gasteiger partial charge is 0.308 e. The summed E-state index contributed by atoms with van der Waals surface area (Å²) < 4.78 is 10.8. The monoisotopic (exact) mass is 355 g/mol. The molecule has 1 saturated heterocycles. The van der Waals surface area contributed by atoms with Gasteiger partial charge in [-0.25, -0.2) is 9.97 Å². The van der Waals surface area contributed by atoms with Gasteiger partial charge in [0.05, 0.1) is 5.92 Å². The largest absolute Gasteiger partial charge is 0.481 e. The Morgan fingerprint density at radius 3 is 2.81 bits per heavy atom. The fourth-order valence-electron chi connectivity index (χ4n) is 4.03. The first-order chi connectivity index (χ1) is 12.6. The van der Waals surface area contributed by atoms with Crippen LogP contribution in [0.3, 0.4) is 0 Å². The second-order valence-corrected chi connectivity index (χ2v) is 6.79. The highest BCUT2D eigenvalue weighted by molar-refractivity contribution is 5.73. The van der Waals surface area contributed by atoms with E-state index in [1.165, 1.54) is 0 Å². The molecule has 0 amide bonds. The Labute approximate surface area is 151 Å². The fourth-order valence-corrected chi connectivity index (χ4v) is 4.03. The summed E-state index contributed by atoms with van der Waals surface area (Å²) in [5.41, 5.74) is 0.979. The molecule has 7 nitrogen and oxygen atoms in total. The average molecular weight is 355 g/mol. The minimum Gasteiger partial charge on any atom is -0.481 e. The molecule has 0 bridgehead atoms. The maximum absolute atomic E-state index is 12.1. The number of ether oxygens (including phenoxy) is 2. The van der Waals surface area contributed by atoms with Crippen molar-refractivity contribution < 1.29 is 19.4 Å². The van der Waals surface area contributed by atoms with Crippen LogP contribution in [0.25, 0.3) is 0 Å². The van der Waals surface area contributed by atoms with Gasteiger partial charge in [-0.1, -0.05) is 6.07 Å². The predicted molar refractivity (Wildman–Crippen MR) is 93.2 cm³/mol. The molecule has 1 aromatic heterocycles. The SMILES string of the molecule is CN1CC(c2ccc3c(c2)OCO3)C(C(=O)O)C1CCc1ncccn1. The molecule has 3 heterocycles. The number of fused-ring (bicyclic) bond motifs is 1. The predicted octanol–water partition coefficient (Wildman–Crippen LogP) is 1.94. The molecule has 3 atom stereocenters. The first-order valence-corrected chi connectivity index (χ1v) is 8.72. The maximum Gasteiger partial charge on any atom is 0.308 e. The van der Waals surface area contributed by atoms with Crippen LogP contribution >= 0.6 is 0 Å². The number of aromatic nitrogens is 2. The summed E-state index contributed by atoms with van der Waals surface area (Å²) in [7, 11) is 1.99. The minimum atomic E-state index is -0.768. The minimum absolute atomic E-state index is 0.0632. The van der Waals surface area contributed by atoms with Crippen molar-refractivity contribution >= 4 is 5.97 Å². The third-order valence-electron chi connectivity index (χ3n) is 5.29. The van der Waals surface area contributed by atoms with Crippen molar-refractivity contribution in [3.05, 3.63) is 48.0 Å². The van der Waals surface area contributed by atoms with E-state index in [4.69, 9.17) is 9.47 Å². The summed E-state index contributed by atoms with van der Waals surface area (Å²) in [5, 5.41) is 9.91. The molecule has 2 aliphatic heterocycles. The number of carboxylic acids is 1. The van der Waals surface area contributed by atoms with Gasteiger partial charge in [-0.3, -0.25) is 4.79 Å². The molecule has 3 unspecified atom stereocenters. The second-order valence-electron chi connectivity index (χ2n) is 6.79. The Kier molecular flexibility index (Phi) is 4.46. The Morgan fingerprint density at radius 2 is 2.04 bits per heavy atom. The van der Waals surface area contributed by atoms with E-state index >= 15 is 0 Å². The zero-order valence-electron chi connectivity index (χ0n) is 14.5. The molecule has 2 aliphatic rings. The van der Waals surface area contributed by atoms with Crippen LogP contribution in [0, 0.1) is 5.92 Å². The van der Waals surface area contributed by atoms with Crippen LogP contribution in [-0.2, 0) is 11.2 Å². The molecule has 1 aromatic carbocycles.